The van der Waals surface area contributed by atoms with Crippen molar-refractivity contribution in [2.75, 3.05) is 5.32 Å². The fourth-order valence-electron chi connectivity index (χ4n) is 1.30. The molecule has 0 unspecified atom stereocenters. The van der Waals surface area contributed by atoms with Crippen molar-refractivity contribution in [2.24, 2.45) is 0 Å². The number of nitrogens with one attached hydrogen (secondary N) is 3. The van der Waals surface area contributed by atoms with Gasteiger partial charge < -0.3 is 5.32 Å². The second kappa shape index (κ2) is 6.56. The monoisotopic (exact) mass is 305 g/mol. The number of rotatable bonds is 2. The smallest absolute Gasteiger partial charge is 0.331 e. The van der Waals surface area contributed by atoms with Crippen molar-refractivity contribution in [1.82, 2.24) is 10.9 Å². The highest BCUT2D eigenvalue weighted by Crippen LogP contribution is 2.17. The van der Waals surface area contributed by atoms with E-state index in [1.165, 1.54) is 5.43 Å². The Morgan fingerprint density at radius 1 is 1.15 bits per heavy atom. The molecule has 4 nitrogen and oxygen atoms in total. The first kappa shape index (κ1) is 16.2. The first-order valence-corrected chi connectivity index (χ1v) is 6.15. The van der Waals surface area contributed by atoms with Gasteiger partial charge in [-0.3, -0.25) is 15.6 Å². The zero-order valence-electron chi connectivity index (χ0n) is 10.8. The molecule has 8 heteroatoms. The quantitative estimate of drug-likeness (QED) is 0.581. The summed E-state index contributed by atoms with van der Waals surface area (Å²) in [6.07, 6.45) is -4.96. The summed E-state index contributed by atoms with van der Waals surface area (Å²) >= 11 is 4.76. The zero-order valence-corrected chi connectivity index (χ0v) is 11.7. The number of amides is 1. The molecule has 0 aliphatic carbocycles. The maximum Gasteiger partial charge on any atom is 0.472 e. The average Bonchev–Trinajstić information content (AvgIpc) is 2.35. The molecule has 20 heavy (non-hydrogen) atoms. The highest BCUT2D eigenvalue weighted by atomic mass is 32.1. The number of hydrogen-bond donors (Lipinski definition) is 3. The Morgan fingerprint density at radius 2 is 1.70 bits per heavy atom. The van der Waals surface area contributed by atoms with Gasteiger partial charge in [-0.1, -0.05) is 26.0 Å². The van der Waals surface area contributed by atoms with E-state index < -0.39 is 12.1 Å². The zero-order chi connectivity index (χ0) is 15.3. The lowest BCUT2D eigenvalue weighted by Crippen LogP contribution is -2.49. The van der Waals surface area contributed by atoms with E-state index in [1.807, 2.05) is 31.4 Å². The van der Waals surface area contributed by atoms with Crippen molar-refractivity contribution in [3.05, 3.63) is 29.8 Å². The van der Waals surface area contributed by atoms with Crippen LogP contribution in [-0.4, -0.2) is 17.2 Å². The van der Waals surface area contributed by atoms with Gasteiger partial charge in [0.05, 0.1) is 0 Å². The van der Waals surface area contributed by atoms with Crippen LogP contribution in [0.4, 0.5) is 18.9 Å². The van der Waals surface area contributed by atoms with Crippen molar-refractivity contribution in [3.63, 3.8) is 0 Å². The highest BCUT2D eigenvalue weighted by molar-refractivity contribution is 7.80. The molecule has 0 aromatic heterocycles. The van der Waals surface area contributed by atoms with E-state index in [2.05, 4.69) is 5.32 Å². The van der Waals surface area contributed by atoms with Gasteiger partial charge in [0.25, 0.3) is 0 Å². The number of hydrazine groups is 1. The summed E-state index contributed by atoms with van der Waals surface area (Å²) in [6.45, 7) is 4.09. The fraction of sp³-hybridized carbons (Fsp3) is 0.333. The molecule has 1 aromatic rings. The summed E-state index contributed by atoms with van der Waals surface area (Å²) in [4.78, 5) is 10.6. The number of carbonyl (C=O) groups excluding carboxylic acids is 1. The first-order chi connectivity index (χ1) is 9.20. The van der Waals surface area contributed by atoms with Crippen molar-refractivity contribution >= 4 is 28.9 Å². The van der Waals surface area contributed by atoms with Gasteiger partial charge in [0, 0.05) is 5.69 Å². The first-order valence-electron chi connectivity index (χ1n) is 5.74. The molecule has 1 rings (SSSR count). The predicted octanol–water partition coefficient (Wildman–Crippen LogP) is 2.69. The van der Waals surface area contributed by atoms with Crippen molar-refractivity contribution < 1.29 is 18.0 Å². The minimum atomic E-state index is -4.96. The van der Waals surface area contributed by atoms with E-state index in [-0.39, 0.29) is 5.11 Å². The molecule has 0 saturated heterocycles. The van der Waals surface area contributed by atoms with Crippen LogP contribution in [0.15, 0.2) is 24.3 Å². The second-order valence-electron chi connectivity index (χ2n) is 4.31. The van der Waals surface area contributed by atoms with Crippen LogP contribution < -0.4 is 16.2 Å². The van der Waals surface area contributed by atoms with E-state index >= 15 is 0 Å². The molecule has 0 aliphatic rings. The summed E-state index contributed by atoms with van der Waals surface area (Å²) in [6, 6.07) is 7.25. The highest BCUT2D eigenvalue weighted by Gasteiger charge is 2.38. The number of halogens is 3. The topological polar surface area (TPSA) is 53.2 Å². The van der Waals surface area contributed by atoms with Crippen molar-refractivity contribution in [3.8, 4) is 0 Å². The third kappa shape index (κ3) is 5.04. The molecule has 3 N–H and O–H groups in total. The molecule has 0 aliphatic heterocycles. The summed E-state index contributed by atoms with van der Waals surface area (Å²) in [7, 11) is 0. The molecule has 110 valence electrons. The van der Waals surface area contributed by atoms with Gasteiger partial charge in [0.15, 0.2) is 5.11 Å². The molecule has 0 fully saturated rings. The van der Waals surface area contributed by atoms with Gasteiger partial charge in [-0.15, -0.1) is 0 Å². The Balaban J connectivity index is 2.49. The number of thiocarbonyl (C=S) groups is 1. The predicted molar refractivity (Wildman–Crippen MR) is 74.1 cm³/mol. The van der Waals surface area contributed by atoms with Crippen LogP contribution in [0, 0.1) is 0 Å². The maximum absolute atomic E-state index is 11.9. The van der Waals surface area contributed by atoms with Crippen molar-refractivity contribution in [1.29, 1.82) is 0 Å². The molecule has 0 saturated carbocycles. The van der Waals surface area contributed by atoms with Crippen LogP contribution in [0.2, 0.25) is 0 Å². The molecular weight excluding hydrogens is 291 g/mol. The van der Waals surface area contributed by atoms with Gasteiger partial charge in [-0.25, -0.2) is 0 Å². The summed E-state index contributed by atoms with van der Waals surface area (Å²) in [5, 5.41) is 2.51. The number of alkyl halides is 3. The minimum absolute atomic E-state index is 0.139. The number of hydrogen-bond acceptors (Lipinski definition) is 2. The lowest BCUT2D eigenvalue weighted by molar-refractivity contribution is -0.174. The number of anilines is 1. The SMILES string of the molecule is CC(C)c1ccc(NC(=S)NNC(=O)C(F)(F)F)cc1. The van der Waals surface area contributed by atoms with E-state index in [4.69, 9.17) is 12.2 Å². The van der Waals surface area contributed by atoms with Gasteiger partial charge in [-0.05, 0) is 35.8 Å². The Kier molecular flexibility index (Phi) is 5.32. The molecule has 1 aromatic carbocycles. The van der Waals surface area contributed by atoms with Crippen LogP contribution in [0.25, 0.3) is 0 Å². The van der Waals surface area contributed by atoms with E-state index in [0.29, 0.717) is 11.6 Å². The number of carbonyl (C=O) groups is 1. The Bertz CT molecular complexity index is 486. The Hall–Kier alpha value is -1.83. The molecule has 0 atom stereocenters. The minimum Gasteiger partial charge on any atom is -0.331 e. The lowest BCUT2D eigenvalue weighted by atomic mass is 10.0. The summed E-state index contributed by atoms with van der Waals surface area (Å²) in [5.74, 6) is -1.74. The van der Waals surface area contributed by atoms with Gasteiger partial charge in [0.2, 0.25) is 0 Å². The second-order valence-corrected chi connectivity index (χ2v) is 4.72. The number of benzene rings is 1. The van der Waals surface area contributed by atoms with Crippen LogP contribution in [-0.2, 0) is 4.79 Å². The van der Waals surface area contributed by atoms with Gasteiger partial charge >= 0.3 is 12.1 Å². The summed E-state index contributed by atoms with van der Waals surface area (Å²) < 4.78 is 35.8. The molecule has 0 radical (unpaired) electrons. The summed E-state index contributed by atoms with van der Waals surface area (Å²) in [5.41, 5.74) is 5.16. The fourth-order valence-corrected chi connectivity index (χ4v) is 1.47. The molecular formula is C12H14F3N3OS. The Labute approximate surface area is 119 Å². The van der Waals surface area contributed by atoms with Crippen LogP contribution in [0.5, 0.6) is 0 Å². The normalized spacial score (nSPS) is 11.1. The van der Waals surface area contributed by atoms with Gasteiger partial charge in [-0.2, -0.15) is 13.2 Å². The molecule has 0 heterocycles. The van der Waals surface area contributed by atoms with Crippen LogP contribution in [0.3, 0.4) is 0 Å². The third-order valence-corrected chi connectivity index (χ3v) is 2.59. The van der Waals surface area contributed by atoms with Crippen LogP contribution in [0.1, 0.15) is 25.3 Å². The van der Waals surface area contributed by atoms with Gasteiger partial charge in [0.1, 0.15) is 0 Å². The van der Waals surface area contributed by atoms with Crippen molar-refractivity contribution in [2.45, 2.75) is 25.9 Å². The van der Waals surface area contributed by atoms with Crippen LogP contribution >= 0.6 is 12.2 Å². The van der Waals surface area contributed by atoms with E-state index in [1.54, 1.807) is 12.1 Å². The maximum atomic E-state index is 11.9. The Morgan fingerprint density at radius 3 is 2.15 bits per heavy atom. The average molecular weight is 305 g/mol. The van der Waals surface area contributed by atoms with E-state index in [0.717, 1.165) is 5.56 Å². The molecule has 0 spiro atoms. The molecule has 1 amide bonds. The lowest BCUT2D eigenvalue weighted by Gasteiger charge is -2.13. The standard InChI is InChI=1S/C12H14F3N3OS/c1-7(2)8-3-5-9(6-4-8)16-11(20)18-17-10(19)12(13,14)15/h3-7H,1-2H3,(H,17,19)(H2,16,18,20). The third-order valence-electron chi connectivity index (χ3n) is 2.38. The molecule has 0 bridgehead atoms. The largest absolute Gasteiger partial charge is 0.472 e. The van der Waals surface area contributed by atoms with E-state index in [9.17, 15) is 18.0 Å².